The molecular formula is C6H8FN. The Labute approximate surface area is 48.2 Å². The quantitative estimate of drug-likeness (QED) is 0.498. The number of rotatable bonds is 0. The Morgan fingerprint density at radius 2 is 1.50 bits per heavy atom. The van der Waals surface area contributed by atoms with Gasteiger partial charge in [-0.05, 0) is 12.1 Å². The van der Waals surface area contributed by atoms with E-state index < -0.39 is 0 Å². The van der Waals surface area contributed by atoms with E-state index in [4.69, 9.17) is 0 Å². The molecule has 0 amide bonds. The van der Waals surface area contributed by atoms with E-state index in [1.807, 2.05) is 18.2 Å². The summed E-state index contributed by atoms with van der Waals surface area (Å²) in [4.78, 5) is 3.78. The van der Waals surface area contributed by atoms with Crippen molar-refractivity contribution >= 4 is 0 Å². The van der Waals surface area contributed by atoms with Gasteiger partial charge in [0.15, 0.2) is 0 Å². The molecule has 0 atom stereocenters. The van der Waals surface area contributed by atoms with Gasteiger partial charge in [0.1, 0.15) is 0 Å². The molecule has 0 N–H and O–H groups in total. The zero-order valence-electron chi connectivity index (χ0n) is 4.71. The molecule has 1 aromatic rings. The van der Waals surface area contributed by atoms with Gasteiger partial charge >= 0.3 is 0 Å². The molecule has 0 aliphatic heterocycles. The van der Waals surface area contributed by atoms with E-state index in [9.17, 15) is 4.39 Å². The molecule has 2 heteroatoms. The first-order valence-corrected chi connectivity index (χ1v) is 2.23. The topological polar surface area (TPSA) is 12.9 Å². The lowest BCUT2D eigenvalue weighted by Crippen LogP contribution is -1.58. The van der Waals surface area contributed by atoms with Gasteiger partial charge in [0, 0.05) is 12.4 Å². The van der Waals surface area contributed by atoms with Crippen molar-refractivity contribution in [2.24, 2.45) is 0 Å². The van der Waals surface area contributed by atoms with E-state index >= 15 is 0 Å². The summed E-state index contributed by atoms with van der Waals surface area (Å²) >= 11 is 0. The van der Waals surface area contributed by atoms with Crippen molar-refractivity contribution in [1.29, 1.82) is 0 Å². The second-order valence-electron chi connectivity index (χ2n) is 1.02. The van der Waals surface area contributed by atoms with Gasteiger partial charge in [-0.15, -0.1) is 0 Å². The van der Waals surface area contributed by atoms with Gasteiger partial charge in [-0.3, -0.25) is 9.37 Å². The molecule has 0 saturated heterocycles. The third-order valence-electron chi connectivity index (χ3n) is 0.566. The van der Waals surface area contributed by atoms with Crippen LogP contribution in [0.1, 0.15) is 0 Å². The lowest BCUT2D eigenvalue weighted by Gasteiger charge is -1.70. The Bertz CT molecular complexity index is 80.5. The normalized spacial score (nSPS) is 6.75. The minimum Gasteiger partial charge on any atom is -0.265 e. The van der Waals surface area contributed by atoms with Crippen LogP contribution in [0.3, 0.4) is 0 Å². The summed E-state index contributed by atoms with van der Waals surface area (Å²) in [5.74, 6) is 0. The number of hydrogen-bond acceptors (Lipinski definition) is 1. The maximum absolute atomic E-state index is 9.50. The van der Waals surface area contributed by atoms with Gasteiger partial charge in [-0.25, -0.2) is 0 Å². The van der Waals surface area contributed by atoms with Crippen molar-refractivity contribution < 1.29 is 4.39 Å². The molecule has 0 spiro atoms. The van der Waals surface area contributed by atoms with Gasteiger partial charge in [-0.2, -0.15) is 0 Å². The van der Waals surface area contributed by atoms with Crippen molar-refractivity contribution in [2.75, 3.05) is 7.18 Å². The number of alkyl halides is 1. The SMILES string of the molecule is CF.c1ccncc1. The van der Waals surface area contributed by atoms with E-state index in [2.05, 4.69) is 4.98 Å². The van der Waals surface area contributed by atoms with Gasteiger partial charge in [0.2, 0.25) is 0 Å². The van der Waals surface area contributed by atoms with Crippen LogP contribution in [-0.2, 0) is 0 Å². The Balaban J connectivity index is 0.000000222. The van der Waals surface area contributed by atoms with Crippen molar-refractivity contribution in [3.63, 3.8) is 0 Å². The summed E-state index contributed by atoms with van der Waals surface area (Å²) in [7, 11) is 0.500. The van der Waals surface area contributed by atoms with Crippen LogP contribution in [0.2, 0.25) is 0 Å². The fourth-order valence-corrected chi connectivity index (χ4v) is 0.313. The molecule has 0 saturated carbocycles. The summed E-state index contributed by atoms with van der Waals surface area (Å²) in [6, 6.07) is 5.72. The van der Waals surface area contributed by atoms with Crippen molar-refractivity contribution in [3.05, 3.63) is 30.6 Å². The fraction of sp³-hybridized carbons (Fsp3) is 0.167. The molecular weight excluding hydrogens is 105 g/mol. The second-order valence-corrected chi connectivity index (χ2v) is 1.02. The summed E-state index contributed by atoms with van der Waals surface area (Å²) < 4.78 is 9.50. The van der Waals surface area contributed by atoms with Crippen molar-refractivity contribution in [3.8, 4) is 0 Å². The summed E-state index contributed by atoms with van der Waals surface area (Å²) in [6.45, 7) is 0. The number of halogens is 1. The first-order valence-electron chi connectivity index (χ1n) is 2.23. The largest absolute Gasteiger partial charge is 0.265 e. The standard InChI is InChI=1S/C5H5N.CH3F/c1-2-4-6-5-3-1;1-2/h1-5H;1H3. The fourth-order valence-electron chi connectivity index (χ4n) is 0.313. The van der Waals surface area contributed by atoms with E-state index in [1.165, 1.54) is 0 Å². The number of aromatic nitrogens is 1. The molecule has 0 radical (unpaired) electrons. The molecule has 1 rings (SSSR count). The zero-order valence-corrected chi connectivity index (χ0v) is 4.71. The van der Waals surface area contributed by atoms with Gasteiger partial charge in [0.25, 0.3) is 0 Å². The van der Waals surface area contributed by atoms with Crippen LogP contribution >= 0.6 is 0 Å². The number of nitrogens with zero attached hydrogens (tertiary/aromatic N) is 1. The Morgan fingerprint density at radius 1 is 1.00 bits per heavy atom. The Morgan fingerprint density at radius 3 is 1.62 bits per heavy atom. The Hall–Kier alpha value is -0.920. The van der Waals surface area contributed by atoms with Crippen molar-refractivity contribution in [1.82, 2.24) is 4.98 Å². The smallest absolute Gasteiger partial charge is 0.0785 e. The molecule has 0 aromatic carbocycles. The van der Waals surface area contributed by atoms with Crippen molar-refractivity contribution in [2.45, 2.75) is 0 Å². The molecule has 44 valence electrons. The average Bonchev–Trinajstić information content (AvgIpc) is 1.96. The minimum atomic E-state index is 0.500. The van der Waals surface area contributed by atoms with E-state index in [1.54, 1.807) is 12.4 Å². The van der Waals surface area contributed by atoms with Crippen LogP contribution in [0.25, 0.3) is 0 Å². The first-order chi connectivity index (χ1) is 4.00. The highest BCUT2D eigenvalue weighted by Crippen LogP contribution is 1.73. The van der Waals surface area contributed by atoms with Crippen LogP contribution in [0.15, 0.2) is 30.6 Å². The van der Waals surface area contributed by atoms with Crippen LogP contribution in [0.4, 0.5) is 4.39 Å². The lowest BCUT2D eigenvalue weighted by molar-refractivity contribution is 0.636. The minimum absolute atomic E-state index is 0.500. The van der Waals surface area contributed by atoms with Gasteiger partial charge in [0.05, 0.1) is 7.18 Å². The highest BCUT2D eigenvalue weighted by Gasteiger charge is 1.58. The molecule has 0 aliphatic rings. The molecule has 8 heavy (non-hydrogen) atoms. The van der Waals surface area contributed by atoms with Crippen LogP contribution in [0, 0.1) is 0 Å². The van der Waals surface area contributed by atoms with Crippen LogP contribution < -0.4 is 0 Å². The maximum atomic E-state index is 9.50. The monoisotopic (exact) mass is 113 g/mol. The van der Waals surface area contributed by atoms with Crippen LogP contribution in [0.5, 0.6) is 0 Å². The number of pyridine rings is 1. The third kappa shape index (κ3) is 3.28. The second kappa shape index (κ2) is 6.08. The summed E-state index contributed by atoms with van der Waals surface area (Å²) in [5.41, 5.74) is 0. The first kappa shape index (κ1) is 7.08. The van der Waals surface area contributed by atoms with E-state index in [0.29, 0.717) is 7.18 Å². The predicted molar refractivity (Wildman–Crippen MR) is 31.3 cm³/mol. The molecule has 1 aromatic heterocycles. The molecule has 1 heterocycles. The number of hydrogen-bond donors (Lipinski definition) is 0. The zero-order chi connectivity index (χ0) is 6.24. The summed E-state index contributed by atoms with van der Waals surface area (Å²) in [5, 5.41) is 0. The molecule has 1 nitrogen and oxygen atoms in total. The van der Waals surface area contributed by atoms with Crippen LogP contribution in [-0.4, -0.2) is 12.2 Å². The maximum Gasteiger partial charge on any atom is 0.0785 e. The average molecular weight is 113 g/mol. The van der Waals surface area contributed by atoms with E-state index in [-0.39, 0.29) is 0 Å². The Kier molecular flexibility index (Phi) is 5.38. The molecule has 0 bridgehead atoms. The summed E-state index contributed by atoms with van der Waals surface area (Å²) in [6.07, 6.45) is 3.50. The molecule has 0 fully saturated rings. The third-order valence-corrected chi connectivity index (χ3v) is 0.566. The van der Waals surface area contributed by atoms with Gasteiger partial charge in [-0.1, -0.05) is 6.07 Å². The molecule has 0 unspecified atom stereocenters. The molecule has 0 aliphatic carbocycles. The highest BCUT2D eigenvalue weighted by molar-refractivity contribution is 4.88. The van der Waals surface area contributed by atoms with E-state index in [0.717, 1.165) is 0 Å². The lowest BCUT2D eigenvalue weighted by atomic mass is 10.5. The van der Waals surface area contributed by atoms with Gasteiger partial charge < -0.3 is 0 Å². The predicted octanol–water partition coefficient (Wildman–Crippen LogP) is 1.67. The highest BCUT2D eigenvalue weighted by atomic mass is 19.1.